The van der Waals surface area contributed by atoms with Crippen LogP contribution >= 0.6 is 11.3 Å². The van der Waals surface area contributed by atoms with Gasteiger partial charge in [0, 0.05) is 29.0 Å². The number of hydrogen-bond donors (Lipinski definition) is 3. The maximum absolute atomic E-state index is 11.9. The molecule has 0 aliphatic rings. The van der Waals surface area contributed by atoms with Gasteiger partial charge in [-0.15, -0.1) is 11.3 Å². The van der Waals surface area contributed by atoms with Gasteiger partial charge in [-0.2, -0.15) is 0 Å². The zero-order valence-electron chi connectivity index (χ0n) is 13.7. The van der Waals surface area contributed by atoms with Crippen molar-refractivity contribution in [3.8, 4) is 0 Å². The minimum atomic E-state index is -0.499. The number of benzene rings is 1. The molecule has 8 heteroatoms. The second-order valence-electron chi connectivity index (χ2n) is 5.33. The van der Waals surface area contributed by atoms with Gasteiger partial charge in [0.15, 0.2) is 5.13 Å². The fourth-order valence-electron chi connectivity index (χ4n) is 2.42. The highest BCUT2D eigenvalue weighted by molar-refractivity contribution is 7.13. The normalized spacial score (nSPS) is 10.6. The summed E-state index contributed by atoms with van der Waals surface area (Å²) in [5, 5.41) is 9.22. The second kappa shape index (κ2) is 7.80. The van der Waals surface area contributed by atoms with Crippen molar-refractivity contribution in [2.45, 2.75) is 6.42 Å². The molecule has 0 radical (unpaired) electrons. The molecule has 1 amide bonds. The monoisotopic (exact) mass is 358 g/mol. The first kappa shape index (κ1) is 17.0. The predicted molar refractivity (Wildman–Crippen MR) is 97.0 cm³/mol. The van der Waals surface area contributed by atoms with Crippen LogP contribution in [-0.4, -0.2) is 42.0 Å². The number of aromatic nitrogens is 2. The second-order valence-corrected chi connectivity index (χ2v) is 6.19. The smallest absolute Gasteiger partial charge is 0.325 e. The Bertz CT molecular complexity index is 887. The number of hydrogen-bond acceptors (Lipinski definition) is 6. The molecule has 3 aromatic rings. The number of carbonyl (C=O) groups excluding carboxylic acids is 2. The van der Waals surface area contributed by atoms with Crippen molar-refractivity contribution < 1.29 is 14.3 Å². The van der Waals surface area contributed by atoms with Crippen molar-refractivity contribution in [1.82, 2.24) is 15.3 Å². The number of esters is 1. The topological polar surface area (TPSA) is 96.1 Å². The summed E-state index contributed by atoms with van der Waals surface area (Å²) < 4.78 is 4.47. The van der Waals surface area contributed by atoms with E-state index in [9.17, 15) is 9.59 Å². The predicted octanol–water partition coefficient (Wildman–Crippen LogP) is 2.18. The molecule has 25 heavy (non-hydrogen) atoms. The molecule has 0 aliphatic carbocycles. The average Bonchev–Trinajstić information content (AvgIpc) is 3.27. The summed E-state index contributed by atoms with van der Waals surface area (Å²) in [5.74, 6) is -0.896. The Labute approximate surface area is 148 Å². The number of thiazole rings is 1. The van der Waals surface area contributed by atoms with Gasteiger partial charge >= 0.3 is 5.97 Å². The third kappa shape index (κ3) is 4.16. The molecule has 2 aromatic heterocycles. The fraction of sp³-hybridized carbons (Fsp3) is 0.235. The van der Waals surface area contributed by atoms with E-state index in [0.717, 1.165) is 11.9 Å². The van der Waals surface area contributed by atoms with E-state index in [1.807, 2.05) is 24.4 Å². The van der Waals surface area contributed by atoms with Crippen molar-refractivity contribution in [1.29, 1.82) is 0 Å². The summed E-state index contributed by atoms with van der Waals surface area (Å²) in [4.78, 5) is 30.4. The number of nitrogens with one attached hydrogen (secondary N) is 3. The molecule has 130 valence electrons. The van der Waals surface area contributed by atoms with E-state index in [2.05, 4.69) is 31.4 Å². The van der Waals surface area contributed by atoms with Crippen LogP contribution in [0.4, 0.5) is 5.13 Å². The lowest BCUT2D eigenvalue weighted by atomic mass is 10.1. The fourth-order valence-corrected chi connectivity index (χ4v) is 3.14. The number of aromatic amines is 1. The molecule has 0 atom stereocenters. The van der Waals surface area contributed by atoms with Crippen molar-refractivity contribution in [2.24, 2.45) is 0 Å². The first-order chi connectivity index (χ1) is 12.2. The Morgan fingerprint density at radius 1 is 1.32 bits per heavy atom. The Kier molecular flexibility index (Phi) is 5.30. The summed E-state index contributed by atoms with van der Waals surface area (Å²) in [7, 11) is 1.27. The van der Waals surface area contributed by atoms with Gasteiger partial charge in [-0.05, 0) is 18.1 Å². The highest BCUT2D eigenvalue weighted by Crippen LogP contribution is 2.19. The van der Waals surface area contributed by atoms with Gasteiger partial charge in [-0.3, -0.25) is 9.59 Å². The summed E-state index contributed by atoms with van der Waals surface area (Å²) in [6, 6.07) is 8.16. The SMILES string of the molecule is COC(=O)CNC(=O)c1csc(NCCc2c[nH]c3ccccc23)n1. The van der Waals surface area contributed by atoms with E-state index >= 15 is 0 Å². The number of amides is 1. The molecule has 2 heterocycles. The van der Waals surface area contributed by atoms with Crippen LogP contribution in [0.2, 0.25) is 0 Å². The molecule has 0 unspecified atom stereocenters. The minimum Gasteiger partial charge on any atom is -0.468 e. The zero-order chi connectivity index (χ0) is 17.6. The zero-order valence-corrected chi connectivity index (χ0v) is 14.5. The number of methoxy groups -OCH3 is 1. The summed E-state index contributed by atoms with van der Waals surface area (Å²) in [5.41, 5.74) is 2.63. The number of para-hydroxylation sites is 1. The Morgan fingerprint density at radius 3 is 3.00 bits per heavy atom. The number of H-pyrrole nitrogens is 1. The number of ether oxygens (including phenoxy) is 1. The maximum atomic E-state index is 11.9. The van der Waals surface area contributed by atoms with Gasteiger partial charge in [0.25, 0.3) is 5.91 Å². The largest absolute Gasteiger partial charge is 0.468 e. The van der Waals surface area contributed by atoms with Gasteiger partial charge in [0.05, 0.1) is 7.11 Å². The van der Waals surface area contributed by atoms with Gasteiger partial charge in [-0.1, -0.05) is 18.2 Å². The molecule has 3 N–H and O–H groups in total. The third-order valence-electron chi connectivity index (χ3n) is 3.70. The molecule has 0 saturated heterocycles. The molecule has 7 nitrogen and oxygen atoms in total. The van der Waals surface area contributed by atoms with Crippen LogP contribution in [0, 0.1) is 0 Å². The number of fused-ring (bicyclic) bond motifs is 1. The summed E-state index contributed by atoms with van der Waals surface area (Å²) in [6.45, 7) is 0.536. The first-order valence-electron chi connectivity index (χ1n) is 7.77. The molecule has 3 rings (SSSR count). The molecule has 0 spiro atoms. The Hall–Kier alpha value is -2.87. The number of nitrogens with zero attached hydrogens (tertiary/aromatic N) is 1. The van der Waals surface area contributed by atoms with Gasteiger partial charge < -0.3 is 20.4 Å². The number of carbonyl (C=O) groups is 2. The van der Waals surface area contributed by atoms with Crippen LogP contribution in [0.25, 0.3) is 10.9 Å². The highest BCUT2D eigenvalue weighted by Gasteiger charge is 2.12. The van der Waals surface area contributed by atoms with Crippen LogP contribution in [0.15, 0.2) is 35.8 Å². The van der Waals surface area contributed by atoms with E-state index in [1.165, 1.54) is 29.4 Å². The molecule has 0 fully saturated rings. The average molecular weight is 358 g/mol. The number of anilines is 1. The van der Waals surface area contributed by atoms with Gasteiger partial charge in [0.1, 0.15) is 12.2 Å². The number of rotatable bonds is 7. The van der Waals surface area contributed by atoms with E-state index in [-0.39, 0.29) is 12.2 Å². The van der Waals surface area contributed by atoms with Crippen molar-refractivity contribution in [3.63, 3.8) is 0 Å². The standard InChI is InChI=1S/C17H18N4O3S/c1-24-15(22)9-20-16(23)14-10-25-17(21-14)18-7-6-11-8-19-13-5-3-2-4-12(11)13/h2-5,8,10,19H,6-7,9H2,1H3,(H,18,21)(H,20,23). The maximum Gasteiger partial charge on any atom is 0.325 e. The van der Waals surface area contributed by atoms with Crippen molar-refractivity contribution in [2.75, 3.05) is 25.5 Å². The lowest BCUT2D eigenvalue weighted by Gasteiger charge is -2.02. The Morgan fingerprint density at radius 2 is 2.16 bits per heavy atom. The lowest BCUT2D eigenvalue weighted by Crippen LogP contribution is -2.30. The summed E-state index contributed by atoms with van der Waals surface area (Å²) >= 11 is 1.35. The highest BCUT2D eigenvalue weighted by atomic mass is 32.1. The van der Waals surface area contributed by atoms with Crippen molar-refractivity contribution in [3.05, 3.63) is 47.1 Å². The van der Waals surface area contributed by atoms with Crippen LogP contribution < -0.4 is 10.6 Å². The van der Waals surface area contributed by atoms with E-state index in [1.54, 1.807) is 5.38 Å². The third-order valence-corrected chi connectivity index (χ3v) is 4.50. The first-order valence-corrected chi connectivity index (χ1v) is 8.64. The quantitative estimate of drug-likeness (QED) is 0.563. The summed E-state index contributed by atoms with van der Waals surface area (Å²) in [6.07, 6.45) is 2.85. The van der Waals surface area contributed by atoms with E-state index < -0.39 is 11.9 Å². The molecule has 1 aromatic carbocycles. The van der Waals surface area contributed by atoms with E-state index in [4.69, 9.17) is 0 Å². The van der Waals surface area contributed by atoms with Crippen LogP contribution in [0.3, 0.4) is 0 Å². The molecular formula is C17H18N4O3S. The molecule has 0 aliphatic heterocycles. The Balaban J connectivity index is 1.52. The molecule has 0 saturated carbocycles. The lowest BCUT2D eigenvalue weighted by molar-refractivity contribution is -0.139. The molecule has 0 bridgehead atoms. The van der Waals surface area contributed by atoms with Crippen LogP contribution in [-0.2, 0) is 16.0 Å². The van der Waals surface area contributed by atoms with Gasteiger partial charge in [-0.25, -0.2) is 4.98 Å². The van der Waals surface area contributed by atoms with Crippen LogP contribution in [0.5, 0.6) is 0 Å². The molecular weight excluding hydrogens is 340 g/mol. The van der Waals surface area contributed by atoms with Crippen molar-refractivity contribution >= 4 is 39.2 Å². The van der Waals surface area contributed by atoms with Gasteiger partial charge in [0.2, 0.25) is 0 Å². The van der Waals surface area contributed by atoms with E-state index in [0.29, 0.717) is 11.7 Å². The minimum absolute atomic E-state index is 0.170. The van der Waals surface area contributed by atoms with Crippen LogP contribution in [0.1, 0.15) is 16.1 Å².